The molecule has 1 aromatic carbocycles. The topological polar surface area (TPSA) is 92.5 Å². The number of benzene rings is 1. The van der Waals surface area contributed by atoms with E-state index in [0.717, 1.165) is 25.7 Å². The number of amides is 1. The van der Waals surface area contributed by atoms with Crippen molar-refractivity contribution in [3.05, 3.63) is 24.3 Å². The number of rotatable bonds is 3. The molecule has 1 aromatic rings. The van der Waals surface area contributed by atoms with E-state index < -0.39 is 10.0 Å². The summed E-state index contributed by atoms with van der Waals surface area (Å²) in [4.78, 5) is 12.8. The van der Waals surface area contributed by atoms with E-state index in [0.29, 0.717) is 36.2 Å². The molecular weight excluding hydrogens is 386 g/mol. The van der Waals surface area contributed by atoms with Crippen LogP contribution in [0.4, 0.5) is 11.4 Å². The summed E-state index contributed by atoms with van der Waals surface area (Å²) >= 11 is 0. The molecule has 6 nitrogen and oxygen atoms in total. The van der Waals surface area contributed by atoms with Gasteiger partial charge in [0.15, 0.2) is 0 Å². The van der Waals surface area contributed by atoms with E-state index in [1.54, 1.807) is 18.2 Å². The Hall–Kier alpha value is -1.31. The first kappa shape index (κ1) is 20.4. The number of halogens is 1. The molecule has 0 aromatic heterocycles. The van der Waals surface area contributed by atoms with Crippen LogP contribution in [0.5, 0.6) is 0 Å². The fourth-order valence-corrected chi connectivity index (χ4v) is 6.47. The summed E-state index contributed by atoms with van der Waals surface area (Å²) in [5.74, 6) is 1.15. The third kappa shape index (κ3) is 4.10. The molecule has 1 saturated heterocycles. The van der Waals surface area contributed by atoms with Crippen LogP contribution in [-0.4, -0.2) is 32.7 Å². The highest BCUT2D eigenvalue weighted by Gasteiger charge is 2.40. The number of anilines is 2. The Morgan fingerprint density at radius 3 is 2.48 bits per heavy atom. The van der Waals surface area contributed by atoms with Crippen molar-refractivity contribution in [3.63, 3.8) is 0 Å². The highest BCUT2D eigenvalue weighted by atomic mass is 35.5. The predicted molar refractivity (Wildman–Crippen MR) is 110 cm³/mol. The highest BCUT2D eigenvalue weighted by Crippen LogP contribution is 2.42. The Kier molecular flexibility index (Phi) is 6.03. The standard InChI is InChI=1S/C19H27N3O3S.ClH/c20-18-13-4-1-5-14(18)11-15(10-13)19(23)21-16-6-2-7-17(12-16)22-8-3-9-26(22,24)25;/h2,6-7,12-15,18H,1,3-5,8-11,20H2,(H,21,23);1H. The van der Waals surface area contributed by atoms with Gasteiger partial charge in [-0.3, -0.25) is 9.10 Å². The number of sulfonamides is 1. The van der Waals surface area contributed by atoms with Gasteiger partial charge >= 0.3 is 0 Å². The van der Waals surface area contributed by atoms with Gasteiger partial charge in [0.25, 0.3) is 0 Å². The van der Waals surface area contributed by atoms with Gasteiger partial charge in [0.05, 0.1) is 11.4 Å². The molecule has 3 N–H and O–H groups in total. The van der Waals surface area contributed by atoms with E-state index in [9.17, 15) is 13.2 Å². The van der Waals surface area contributed by atoms with Gasteiger partial charge in [-0.05, 0) is 62.1 Å². The monoisotopic (exact) mass is 413 g/mol. The molecule has 2 bridgehead atoms. The van der Waals surface area contributed by atoms with E-state index in [4.69, 9.17) is 5.73 Å². The summed E-state index contributed by atoms with van der Waals surface area (Å²) < 4.78 is 25.7. The molecule has 0 spiro atoms. The zero-order valence-electron chi connectivity index (χ0n) is 15.3. The number of carbonyl (C=O) groups is 1. The molecule has 0 radical (unpaired) electrons. The molecule has 8 heteroatoms. The van der Waals surface area contributed by atoms with Gasteiger partial charge in [-0.15, -0.1) is 12.4 Å². The zero-order valence-corrected chi connectivity index (χ0v) is 17.0. The molecule has 1 heterocycles. The molecule has 3 aliphatic rings. The van der Waals surface area contributed by atoms with E-state index in [1.807, 2.05) is 6.07 Å². The first-order valence-electron chi connectivity index (χ1n) is 9.61. The van der Waals surface area contributed by atoms with Crippen LogP contribution in [0.25, 0.3) is 0 Å². The smallest absolute Gasteiger partial charge is 0.235 e. The Bertz CT molecular complexity index is 787. The van der Waals surface area contributed by atoms with Gasteiger partial charge < -0.3 is 11.1 Å². The van der Waals surface area contributed by atoms with Crippen molar-refractivity contribution in [2.24, 2.45) is 23.5 Å². The second kappa shape index (κ2) is 7.97. The van der Waals surface area contributed by atoms with Crippen molar-refractivity contribution in [1.29, 1.82) is 0 Å². The fraction of sp³-hybridized carbons (Fsp3) is 0.632. The Morgan fingerprint density at radius 2 is 1.85 bits per heavy atom. The van der Waals surface area contributed by atoms with Crippen molar-refractivity contribution in [1.82, 2.24) is 0 Å². The molecule has 27 heavy (non-hydrogen) atoms. The summed E-state index contributed by atoms with van der Waals surface area (Å²) in [7, 11) is -3.22. The molecule has 1 amide bonds. The lowest BCUT2D eigenvalue weighted by Crippen LogP contribution is -2.48. The maximum atomic E-state index is 12.8. The minimum absolute atomic E-state index is 0. The van der Waals surface area contributed by atoms with Crippen molar-refractivity contribution < 1.29 is 13.2 Å². The third-order valence-electron chi connectivity index (χ3n) is 6.28. The number of nitrogens with zero attached hydrogens (tertiary/aromatic N) is 1. The Labute approximate surface area is 167 Å². The molecule has 2 unspecified atom stereocenters. The normalized spacial score (nSPS) is 31.8. The molecule has 2 atom stereocenters. The van der Waals surface area contributed by atoms with Crippen LogP contribution in [0.1, 0.15) is 38.5 Å². The van der Waals surface area contributed by atoms with E-state index >= 15 is 0 Å². The molecule has 3 fully saturated rings. The van der Waals surface area contributed by atoms with Gasteiger partial charge in [0.1, 0.15) is 0 Å². The first-order valence-corrected chi connectivity index (χ1v) is 11.2. The highest BCUT2D eigenvalue weighted by molar-refractivity contribution is 7.93. The first-order chi connectivity index (χ1) is 12.4. The number of fused-ring (bicyclic) bond motifs is 2. The maximum Gasteiger partial charge on any atom is 0.235 e. The van der Waals surface area contributed by atoms with E-state index in [2.05, 4.69) is 5.32 Å². The Morgan fingerprint density at radius 1 is 1.15 bits per heavy atom. The van der Waals surface area contributed by atoms with Gasteiger partial charge in [0, 0.05) is 24.2 Å². The van der Waals surface area contributed by atoms with Crippen molar-refractivity contribution in [2.45, 2.75) is 44.6 Å². The van der Waals surface area contributed by atoms with Crippen LogP contribution in [0.3, 0.4) is 0 Å². The Balaban J connectivity index is 0.00000210. The largest absolute Gasteiger partial charge is 0.327 e. The average molecular weight is 414 g/mol. The van der Waals surface area contributed by atoms with Crippen LogP contribution in [0.2, 0.25) is 0 Å². The maximum absolute atomic E-state index is 12.8. The van der Waals surface area contributed by atoms with Crippen molar-refractivity contribution >= 4 is 39.7 Å². The third-order valence-corrected chi connectivity index (χ3v) is 8.15. The zero-order chi connectivity index (χ0) is 18.3. The summed E-state index contributed by atoms with van der Waals surface area (Å²) in [5, 5.41) is 3.01. The van der Waals surface area contributed by atoms with Gasteiger partial charge in [0.2, 0.25) is 15.9 Å². The number of nitrogens with two attached hydrogens (primary N) is 1. The van der Waals surface area contributed by atoms with Crippen LogP contribution in [0.15, 0.2) is 24.3 Å². The molecule has 4 rings (SSSR count). The van der Waals surface area contributed by atoms with Crippen LogP contribution in [0, 0.1) is 17.8 Å². The summed E-state index contributed by atoms with van der Waals surface area (Å²) in [6.45, 7) is 0.504. The lowest BCUT2D eigenvalue weighted by atomic mass is 9.65. The molecular formula is C19H28ClN3O3S. The van der Waals surface area contributed by atoms with Gasteiger partial charge in [-0.25, -0.2) is 8.42 Å². The summed E-state index contributed by atoms with van der Waals surface area (Å²) in [6.07, 6.45) is 5.86. The van der Waals surface area contributed by atoms with Crippen molar-refractivity contribution in [2.75, 3.05) is 21.9 Å². The number of nitrogens with one attached hydrogen (secondary N) is 1. The number of hydrogen-bond donors (Lipinski definition) is 2. The SMILES string of the molecule is Cl.NC1C2CCCC1CC(C(=O)Nc1cccc(N3CCCS3(=O)=O)c1)C2. The predicted octanol–water partition coefficient (Wildman–Crippen LogP) is 2.74. The number of hydrogen-bond acceptors (Lipinski definition) is 4. The summed E-state index contributed by atoms with van der Waals surface area (Å²) in [6, 6.07) is 7.40. The van der Waals surface area contributed by atoms with Gasteiger partial charge in [-0.1, -0.05) is 12.5 Å². The van der Waals surface area contributed by atoms with Crippen LogP contribution in [-0.2, 0) is 14.8 Å². The van der Waals surface area contributed by atoms with E-state index in [1.165, 1.54) is 10.7 Å². The minimum Gasteiger partial charge on any atom is -0.327 e. The molecule has 1 aliphatic heterocycles. The minimum atomic E-state index is -3.22. The molecule has 2 aliphatic carbocycles. The number of carbonyl (C=O) groups excluding carboxylic acids is 1. The van der Waals surface area contributed by atoms with Crippen LogP contribution < -0.4 is 15.4 Å². The fourth-order valence-electron chi connectivity index (χ4n) is 4.92. The second-order valence-corrected chi connectivity index (χ2v) is 9.99. The summed E-state index contributed by atoms with van der Waals surface area (Å²) in [5.41, 5.74) is 7.61. The average Bonchev–Trinajstić information content (AvgIpc) is 2.94. The van der Waals surface area contributed by atoms with Crippen LogP contribution >= 0.6 is 12.4 Å². The second-order valence-electron chi connectivity index (χ2n) is 7.98. The van der Waals surface area contributed by atoms with Gasteiger partial charge in [-0.2, -0.15) is 0 Å². The van der Waals surface area contributed by atoms with Crippen molar-refractivity contribution in [3.8, 4) is 0 Å². The molecule has 150 valence electrons. The molecule has 2 saturated carbocycles. The van der Waals surface area contributed by atoms with E-state index in [-0.39, 0.29) is 36.0 Å². The lowest BCUT2D eigenvalue weighted by Gasteiger charge is -2.43. The lowest BCUT2D eigenvalue weighted by molar-refractivity contribution is -0.122. The quantitative estimate of drug-likeness (QED) is 0.796.